The van der Waals surface area contributed by atoms with Gasteiger partial charge in [0.2, 0.25) is 0 Å². The van der Waals surface area contributed by atoms with Crippen LogP contribution in [0.1, 0.15) is 18.5 Å². The van der Waals surface area contributed by atoms with Crippen molar-refractivity contribution in [3.05, 3.63) is 23.0 Å². The molecule has 1 fully saturated rings. The number of rotatable bonds is 3. The van der Waals surface area contributed by atoms with E-state index >= 15 is 0 Å². The van der Waals surface area contributed by atoms with Crippen molar-refractivity contribution in [1.29, 1.82) is 0 Å². The first kappa shape index (κ1) is 9.46. The summed E-state index contributed by atoms with van der Waals surface area (Å²) in [5, 5.41) is 4.55. The summed E-state index contributed by atoms with van der Waals surface area (Å²) in [4.78, 5) is 11.4. The summed E-state index contributed by atoms with van der Waals surface area (Å²) in [6.45, 7) is 0. The zero-order chi connectivity index (χ0) is 10.1. The van der Waals surface area contributed by atoms with Crippen LogP contribution in [0.3, 0.4) is 0 Å². The highest BCUT2D eigenvalue weighted by Crippen LogP contribution is 2.30. The van der Waals surface area contributed by atoms with Crippen molar-refractivity contribution < 1.29 is 4.79 Å². The molecule has 0 bridgehead atoms. The molecule has 0 aromatic carbocycles. The molecule has 0 amide bonds. The number of hydrogen-bond acceptors (Lipinski definition) is 2. The monoisotopic (exact) mass is 210 g/mol. The minimum atomic E-state index is 0.197. The second-order valence-electron chi connectivity index (χ2n) is 3.51. The van der Waals surface area contributed by atoms with Gasteiger partial charge in [-0.15, -0.1) is 0 Å². The number of aryl methyl sites for hydroxylation is 1. The molecule has 74 valence electrons. The highest BCUT2D eigenvalue weighted by molar-refractivity contribution is 6.31. The molecule has 0 radical (unpaired) electrons. The van der Waals surface area contributed by atoms with Gasteiger partial charge in [0.25, 0.3) is 0 Å². The van der Waals surface area contributed by atoms with E-state index in [9.17, 15) is 4.79 Å². The van der Waals surface area contributed by atoms with E-state index in [1.165, 1.54) is 0 Å². The molecule has 0 spiro atoms. The molecule has 0 unspecified atom stereocenters. The van der Waals surface area contributed by atoms with Crippen LogP contribution in [0.15, 0.2) is 12.3 Å². The fraction of sp³-hybridized carbons (Fsp3) is 0.400. The lowest BCUT2D eigenvalue weighted by molar-refractivity contribution is -0.115. The van der Waals surface area contributed by atoms with Crippen LogP contribution in [0, 0.1) is 5.92 Å². The van der Waals surface area contributed by atoms with Crippen molar-refractivity contribution in [2.75, 3.05) is 0 Å². The van der Waals surface area contributed by atoms with Crippen LogP contribution in [0.4, 0.5) is 0 Å². The lowest BCUT2D eigenvalue weighted by Crippen LogP contribution is -1.96. The van der Waals surface area contributed by atoms with Crippen LogP contribution < -0.4 is 0 Å². The van der Waals surface area contributed by atoms with Gasteiger partial charge >= 0.3 is 0 Å². The van der Waals surface area contributed by atoms with E-state index in [0.717, 1.165) is 18.5 Å². The molecule has 1 aliphatic rings. The Labute approximate surface area is 87.4 Å². The van der Waals surface area contributed by atoms with Crippen LogP contribution in [0.2, 0.25) is 5.02 Å². The molecular formula is C10H11ClN2O. The van der Waals surface area contributed by atoms with Gasteiger partial charge in [0.05, 0.1) is 16.9 Å². The largest absolute Gasteiger partial charge is 0.295 e. The Kier molecular flexibility index (Phi) is 2.42. The Hall–Kier alpha value is -1.09. The molecule has 4 heteroatoms. The summed E-state index contributed by atoms with van der Waals surface area (Å²) in [7, 11) is 1.80. The molecule has 0 atom stereocenters. The minimum absolute atomic E-state index is 0.197. The maximum Gasteiger partial charge on any atom is 0.158 e. The Morgan fingerprint density at radius 1 is 1.71 bits per heavy atom. The summed E-state index contributed by atoms with van der Waals surface area (Å²) in [5.41, 5.74) is 0.778. The van der Waals surface area contributed by atoms with E-state index in [-0.39, 0.29) is 11.7 Å². The minimum Gasteiger partial charge on any atom is -0.295 e. The van der Waals surface area contributed by atoms with Crippen LogP contribution in [0.5, 0.6) is 0 Å². The highest BCUT2D eigenvalue weighted by atomic mass is 35.5. The molecule has 0 aliphatic heterocycles. The third kappa shape index (κ3) is 1.87. The normalized spacial score (nSPS) is 16.4. The number of carbonyl (C=O) groups is 1. The summed E-state index contributed by atoms with van der Waals surface area (Å²) in [5.74, 6) is 0.459. The van der Waals surface area contributed by atoms with E-state index in [1.54, 1.807) is 30.1 Å². The summed E-state index contributed by atoms with van der Waals surface area (Å²) in [6.07, 6.45) is 6.96. The van der Waals surface area contributed by atoms with Crippen molar-refractivity contribution in [3.8, 4) is 0 Å². The molecule has 1 aliphatic carbocycles. The Morgan fingerprint density at radius 2 is 2.43 bits per heavy atom. The average molecular weight is 211 g/mol. The third-order valence-corrected chi connectivity index (χ3v) is 2.61. The Bertz CT molecular complexity index is 371. The number of nitrogens with zero attached hydrogens (tertiary/aromatic N) is 2. The Morgan fingerprint density at radius 3 is 2.93 bits per heavy atom. The van der Waals surface area contributed by atoms with Crippen LogP contribution >= 0.6 is 11.6 Å². The van der Waals surface area contributed by atoms with E-state index < -0.39 is 0 Å². The quantitative estimate of drug-likeness (QED) is 0.716. The van der Waals surface area contributed by atoms with Crippen molar-refractivity contribution in [2.45, 2.75) is 12.8 Å². The number of carbonyl (C=O) groups excluding carboxylic acids is 1. The lowest BCUT2D eigenvalue weighted by atomic mass is 10.2. The molecule has 1 aromatic heterocycles. The number of hydrogen-bond donors (Lipinski definition) is 0. The number of allylic oxidation sites excluding steroid dienone is 1. The zero-order valence-corrected chi connectivity index (χ0v) is 8.66. The molecule has 3 nitrogen and oxygen atoms in total. The standard InChI is InChI=1S/C10H11ClN2O/c1-13-9(8(11)6-12-13)4-5-10(14)7-2-3-7/h4-7H,2-3H2,1H3/b5-4+. The predicted octanol–water partition coefficient (Wildman–Crippen LogP) is 2.07. The smallest absolute Gasteiger partial charge is 0.158 e. The van der Waals surface area contributed by atoms with Gasteiger partial charge in [0, 0.05) is 13.0 Å². The van der Waals surface area contributed by atoms with Crippen molar-refractivity contribution in [3.63, 3.8) is 0 Å². The van der Waals surface area contributed by atoms with Crippen molar-refractivity contribution >= 4 is 23.5 Å². The molecule has 1 saturated carbocycles. The SMILES string of the molecule is Cn1ncc(Cl)c1/C=C/C(=O)C1CC1. The van der Waals surface area contributed by atoms with Crippen LogP contribution in [0.25, 0.3) is 6.08 Å². The highest BCUT2D eigenvalue weighted by Gasteiger charge is 2.27. The van der Waals surface area contributed by atoms with Crippen LogP contribution in [-0.2, 0) is 11.8 Å². The third-order valence-electron chi connectivity index (χ3n) is 2.32. The average Bonchev–Trinajstić information content (AvgIpc) is 2.93. The maximum atomic E-state index is 11.4. The van der Waals surface area contributed by atoms with Gasteiger partial charge in [-0.3, -0.25) is 9.48 Å². The molecule has 2 rings (SSSR count). The number of ketones is 1. The van der Waals surface area contributed by atoms with Gasteiger partial charge in [-0.05, 0) is 25.0 Å². The van der Waals surface area contributed by atoms with Gasteiger partial charge in [-0.1, -0.05) is 11.6 Å². The molecule has 1 heterocycles. The zero-order valence-electron chi connectivity index (χ0n) is 7.90. The topological polar surface area (TPSA) is 34.9 Å². The first-order valence-electron chi connectivity index (χ1n) is 4.58. The number of halogens is 1. The second kappa shape index (κ2) is 3.58. The van der Waals surface area contributed by atoms with E-state index in [0.29, 0.717) is 5.02 Å². The van der Waals surface area contributed by atoms with Crippen molar-refractivity contribution in [2.24, 2.45) is 13.0 Å². The van der Waals surface area contributed by atoms with Gasteiger partial charge in [-0.2, -0.15) is 5.10 Å². The van der Waals surface area contributed by atoms with Crippen LogP contribution in [-0.4, -0.2) is 15.6 Å². The first-order chi connectivity index (χ1) is 6.68. The van der Waals surface area contributed by atoms with E-state index in [2.05, 4.69) is 5.10 Å². The van der Waals surface area contributed by atoms with Gasteiger partial charge in [0.1, 0.15) is 0 Å². The summed E-state index contributed by atoms with van der Waals surface area (Å²) < 4.78 is 1.65. The molecular weight excluding hydrogens is 200 g/mol. The summed E-state index contributed by atoms with van der Waals surface area (Å²) in [6, 6.07) is 0. The number of aromatic nitrogens is 2. The second-order valence-corrected chi connectivity index (χ2v) is 3.92. The molecule has 0 saturated heterocycles. The predicted molar refractivity (Wildman–Crippen MR) is 55.0 cm³/mol. The molecule has 0 N–H and O–H groups in total. The maximum absolute atomic E-state index is 11.4. The van der Waals surface area contributed by atoms with E-state index in [4.69, 9.17) is 11.6 Å². The molecule has 14 heavy (non-hydrogen) atoms. The Balaban J connectivity index is 2.12. The van der Waals surface area contributed by atoms with Gasteiger partial charge < -0.3 is 0 Å². The lowest BCUT2D eigenvalue weighted by Gasteiger charge is -1.94. The fourth-order valence-electron chi connectivity index (χ4n) is 1.27. The van der Waals surface area contributed by atoms with Crippen molar-refractivity contribution in [1.82, 2.24) is 9.78 Å². The van der Waals surface area contributed by atoms with Gasteiger partial charge in [-0.25, -0.2) is 0 Å². The fourth-order valence-corrected chi connectivity index (χ4v) is 1.50. The van der Waals surface area contributed by atoms with Gasteiger partial charge in [0.15, 0.2) is 5.78 Å². The van der Waals surface area contributed by atoms with E-state index in [1.807, 2.05) is 0 Å². The summed E-state index contributed by atoms with van der Waals surface area (Å²) >= 11 is 5.88. The molecule has 1 aromatic rings. The first-order valence-corrected chi connectivity index (χ1v) is 4.95.